The minimum Gasteiger partial charge on any atom is -0.392 e. The molecule has 6 heteroatoms. The van der Waals surface area contributed by atoms with Crippen LogP contribution in [-0.2, 0) is 16.6 Å². The molecule has 0 heterocycles. The summed E-state index contributed by atoms with van der Waals surface area (Å²) in [6.07, 6.45) is 3.34. The van der Waals surface area contributed by atoms with Crippen LogP contribution in [0.4, 0.5) is 0 Å². The summed E-state index contributed by atoms with van der Waals surface area (Å²) in [7, 11) is -3.56. The molecule has 0 saturated heterocycles. The number of rotatable bonds is 5. The molecule has 2 N–H and O–H groups in total. The van der Waals surface area contributed by atoms with Crippen molar-refractivity contribution in [2.45, 2.75) is 44.6 Å². The summed E-state index contributed by atoms with van der Waals surface area (Å²) in [5.74, 6) is 1.11. The van der Waals surface area contributed by atoms with E-state index in [0.29, 0.717) is 28.4 Å². The maximum atomic E-state index is 12.5. The average Bonchev–Trinajstić information content (AvgIpc) is 2.85. The number of benzene rings is 1. The molecule has 4 nitrogen and oxygen atoms in total. The van der Waals surface area contributed by atoms with Crippen LogP contribution in [0.5, 0.6) is 0 Å². The van der Waals surface area contributed by atoms with Crippen molar-refractivity contribution >= 4 is 26.0 Å². The smallest absolute Gasteiger partial charge is 0.241 e. The van der Waals surface area contributed by atoms with Gasteiger partial charge in [-0.1, -0.05) is 19.4 Å². The Labute approximate surface area is 135 Å². The van der Waals surface area contributed by atoms with Crippen molar-refractivity contribution in [3.63, 3.8) is 0 Å². The van der Waals surface area contributed by atoms with Crippen LogP contribution in [0.25, 0.3) is 0 Å². The molecule has 21 heavy (non-hydrogen) atoms. The van der Waals surface area contributed by atoms with E-state index >= 15 is 0 Å². The summed E-state index contributed by atoms with van der Waals surface area (Å²) in [5, 5.41) is 9.24. The zero-order valence-corrected chi connectivity index (χ0v) is 14.8. The third-order valence-corrected chi connectivity index (χ3v) is 6.88. The Balaban J connectivity index is 2.17. The standard InChI is InChI=1S/C15H22BrNO3S/c1-10-3-4-12(5-10)8-17-21(19,20)14-7-13(9-18)6-11(2)15(14)16/h6-7,10,12,17-18H,3-5,8-9H2,1-2H3. The van der Waals surface area contributed by atoms with Gasteiger partial charge >= 0.3 is 0 Å². The van der Waals surface area contributed by atoms with Gasteiger partial charge in [0.2, 0.25) is 10.0 Å². The third kappa shape index (κ3) is 4.06. The summed E-state index contributed by atoms with van der Waals surface area (Å²) >= 11 is 3.34. The number of hydrogen-bond acceptors (Lipinski definition) is 3. The van der Waals surface area contributed by atoms with Crippen molar-refractivity contribution in [2.75, 3.05) is 6.54 Å². The third-order valence-electron chi connectivity index (χ3n) is 4.12. The van der Waals surface area contributed by atoms with E-state index in [2.05, 4.69) is 27.6 Å². The first-order chi connectivity index (χ1) is 9.83. The molecule has 1 aromatic rings. The van der Waals surface area contributed by atoms with Crippen LogP contribution in [0.2, 0.25) is 0 Å². The Bertz CT molecular complexity index is 616. The van der Waals surface area contributed by atoms with E-state index in [1.54, 1.807) is 6.07 Å². The second-order valence-electron chi connectivity index (χ2n) is 6.02. The van der Waals surface area contributed by atoms with Crippen LogP contribution in [0.3, 0.4) is 0 Å². The van der Waals surface area contributed by atoms with Crippen molar-refractivity contribution in [1.29, 1.82) is 0 Å². The van der Waals surface area contributed by atoms with Gasteiger partial charge in [0, 0.05) is 11.0 Å². The molecule has 0 spiro atoms. The van der Waals surface area contributed by atoms with E-state index in [0.717, 1.165) is 18.4 Å². The molecule has 1 aliphatic carbocycles. The summed E-state index contributed by atoms with van der Waals surface area (Å²) in [6.45, 7) is 4.35. The first-order valence-electron chi connectivity index (χ1n) is 7.23. The van der Waals surface area contributed by atoms with Crippen LogP contribution in [0.15, 0.2) is 21.5 Å². The molecule has 1 aromatic carbocycles. The van der Waals surface area contributed by atoms with Crippen LogP contribution < -0.4 is 4.72 Å². The molecule has 2 unspecified atom stereocenters. The van der Waals surface area contributed by atoms with Gasteiger partial charge in [-0.15, -0.1) is 0 Å². The summed E-state index contributed by atoms with van der Waals surface area (Å²) in [4.78, 5) is 0.206. The molecular weight excluding hydrogens is 354 g/mol. The molecule has 0 radical (unpaired) electrons. The lowest BCUT2D eigenvalue weighted by Crippen LogP contribution is -2.29. The monoisotopic (exact) mass is 375 g/mol. The van der Waals surface area contributed by atoms with Gasteiger partial charge in [0.05, 0.1) is 11.5 Å². The van der Waals surface area contributed by atoms with Gasteiger partial charge in [0.15, 0.2) is 0 Å². The lowest BCUT2D eigenvalue weighted by Gasteiger charge is -2.14. The minimum absolute atomic E-state index is 0.170. The molecule has 2 rings (SSSR count). The number of sulfonamides is 1. The topological polar surface area (TPSA) is 66.4 Å². The van der Waals surface area contributed by atoms with Crippen LogP contribution in [0, 0.1) is 18.8 Å². The van der Waals surface area contributed by atoms with Gasteiger partial charge in [-0.2, -0.15) is 0 Å². The van der Waals surface area contributed by atoms with Gasteiger partial charge in [0.25, 0.3) is 0 Å². The van der Waals surface area contributed by atoms with Crippen molar-refractivity contribution < 1.29 is 13.5 Å². The van der Waals surface area contributed by atoms with Crippen LogP contribution in [0.1, 0.15) is 37.3 Å². The molecule has 0 aromatic heterocycles. The Hall–Kier alpha value is -0.430. The predicted molar refractivity (Wildman–Crippen MR) is 86.5 cm³/mol. The normalized spacial score (nSPS) is 22.7. The zero-order chi connectivity index (χ0) is 15.6. The highest BCUT2D eigenvalue weighted by Gasteiger charge is 2.25. The Morgan fingerprint density at radius 1 is 1.38 bits per heavy atom. The average molecular weight is 376 g/mol. The highest BCUT2D eigenvalue weighted by Crippen LogP contribution is 2.31. The number of aliphatic hydroxyl groups is 1. The number of aryl methyl sites for hydroxylation is 1. The Morgan fingerprint density at radius 2 is 2.10 bits per heavy atom. The minimum atomic E-state index is -3.56. The lowest BCUT2D eigenvalue weighted by molar-refractivity contribution is 0.281. The van der Waals surface area contributed by atoms with Gasteiger partial charge in [0.1, 0.15) is 0 Å². The number of aliphatic hydroxyl groups excluding tert-OH is 1. The van der Waals surface area contributed by atoms with Gasteiger partial charge in [-0.3, -0.25) is 0 Å². The van der Waals surface area contributed by atoms with E-state index in [1.165, 1.54) is 12.5 Å². The first-order valence-corrected chi connectivity index (χ1v) is 9.50. The fraction of sp³-hybridized carbons (Fsp3) is 0.600. The van der Waals surface area contributed by atoms with Gasteiger partial charge in [-0.25, -0.2) is 13.1 Å². The summed E-state index contributed by atoms with van der Waals surface area (Å²) in [6, 6.07) is 3.30. The number of nitrogens with one attached hydrogen (secondary N) is 1. The van der Waals surface area contributed by atoms with E-state index in [9.17, 15) is 13.5 Å². The van der Waals surface area contributed by atoms with E-state index in [-0.39, 0.29) is 11.5 Å². The largest absolute Gasteiger partial charge is 0.392 e. The summed E-state index contributed by atoms with van der Waals surface area (Å²) in [5.41, 5.74) is 1.40. The zero-order valence-electron chi connectivity index (χ0n) is 12.4. The SMILES string of the molecule is Cc1cc(CO)cc(S(=O)(=O)NCC2CCC(C)C2)c1Br. The summed E-state index contributed by atoms with van der Waals surface area (Å²) < 4.78 is 28.3. The quantitative estimate of drug-likeness (QED) is 0.831. The van der Waals surface area contributed by atoms with Gasteiger partial charge in [-0.05, 0) is 64.7 Å². The Morgan fingerprint density at radius 3 is 2.67 bits per heavy atom. The molecule has 0 amide bonds. The molecule has 0 bridgehead atoms. The van der Waals surface area contributed by atoms with Crippen molar-refractivity contribution in [3.8, 4) is 0 Å². The molecule has 2 atom stereocenters. The van der Waals surface area contributed by atoms with Crippen molar-refractivity contribution in [1.82, 2.24) is 4.72 Å². The highest BCUT2D eigenvalue weighted by molar-refractivity contribution is 9.10. The first kappa shape index (κ1) is 16.9. The van der Waals surface area contributed by atoms with Crippen molar-refractivity contribution in [3.05, 3.63) is 27.7 Å². The second kappa shape index (κ2) is 6.77. The molecule has 118 valence electrons. The van der Waals surface area contributed by atoms with Crippen LogP contribution >= 0.6 is 15.9 Å². The molecule has 1 saturated carbocycles. The Kier molecular flexibility index (Phi) is 5.46. The van der Waals surface area contributed by atoms with E-state index in [4.69, 9.17) is 0 Å². The predicted octanol–water partition coefficient (Wildman–Crippen LogP) is 2.96. The molecule has 1 fully saturated rings. The lowest BCUT2D eigenvalue weighted by atomic mass is 10.1. The van der Waals surface area contributed by atoms with E-state index in [1.807, 2.05) is 6.92 Å². The van der Waals surface area contributed by atoms with Gasteiger partial charge < -0.3 is 5.11 Å². The molecular formula is C15H22BrNO3S. The van der Waals surface area contributed by atoms with E-state index < -0.39 is 10.0 Å². The maximum absolute atomic E-state index is 12.5. The molecule has 1 aliphatic rings. The maximum Gasteiger partial charge on any atom is 0.241 e. The molecule has 0 aliphatic heterocycles. The van der Waals surface area contributed by atoms with Crippen molar-refractivity contribution in [2.24, 2.45) is 11.8 Å². The fourth-order valence-corrected chi connectivity index (χ4v) is 5.09. The number of halogens is 1. The fourth-order valence-electron chi connectivity index (χ4n) is 2.91. The highest BCUT2D eigenvalue weighted by atomic mass is 79.9. The van der Waals surface area contributed by atoms with Crippen LogP contribution in [-0.4, -0.2) is 20.1 Å². The second-order valence-corrected chi connectivity index (χ2v) is 8.55. The number of hydrogen-bond donors (Lipinski definition) is 2.